The second kappa shape index (κ2) is 7.43. The van der Waals surface area contributed by atoms with E-state index < -0.39 is 22.7 Å². The van der Waals surface area contributed by atoms with Gasteiger partial charge in [0.2, 0.25) is 0 Å². The molecule has 2 unspecified atom stereocenters. The van der Waals surface area contributed by atoms with Crippen molar-refractivity contribution in [3.8, 4) is 0 Å². The average Bonchev–Trinajstić information content (AvgIpc) is 2.78. The maximum Gasteiger partial charge on any atom is 0.307 e. The smallest absolute Gasteiger partial charge is 0.307 e. The van der Waals surface area contributed by atoms with E-state index in [1.807, 2.05) is 16.9 Å². The van der Waals surface area contributed by atoms with E-state index in [2.05, 4.69) is 18.9 Å². The van der Waals surface area contributed by atoms with Crippen LogP contribution < -0.4 is 0 Å². The quantitative estimate of drug-likeness (QED) is 0.795. The predicted octanol–water partition coefficient (Wildman–Crippen LogP) is 2.21. The Kier molecular flexibility index (Phi) is 6.21. The van der Waals surface area contributed by atoms with Crippen molar-refractivity contribution in [3.63, 3.8) is 0 Å². The summed E-state index contributed by atoms with van der Waals surface area (Å²) in [5.74, 6) is -0.990. The minimum Gasteiger partial charge on any atom is -0.481 e. The third kappa shape index (κ3) is 4.78. The average molecular weight is 286 g/mol. The summed E-state index contributed by atoms with van der Waals surface area (Å²) in [5, 5.41) is 13.2. The second-order valence-corrected chi connectivity index (χ2v) is 6.25. The molecule has 0 saturated carbocycles. The highest BCUT2D eigenvalue weighted by Crippen LogP contribution is 2.15. The van der Waals surface area contributed by atoms with Crippen LogP contribution in [0.4, 0.5) is 0 Å². The van der Waals surface area contributed by atoms with Crippen LogP contribution in [-0.2, 0) is 21.3 Å². The lowest BCUT2D eigenvalue weighted by atomic mass is 10.2. The van der Waals surface area contributed by atoms with Crippen LogP contribution in [0.1, 0.15) is 45.3 Å². The van der Waals surface area contributed by atoms with E-state index in [1.165, 1.54) is 0 Å². The molecule has 6 heteroatoms. The minimum atomic E-state index is -1.18. The predicted molar refractivity (Wildman–Crippen MR) is 75.4 cm³/mol. The Labute approximate surface area is 116 Å². The highest BCUT2D eigenvalue weighted by Gasteiger charge is 2.16. The van der Waals surface area contributed by atoms with Crippen LogP contribution in [-0.4, -0.2) is 30.8 Å². The molecule has 5 nitrogen and oxygen atoms in total. The van der Waals surface area contributed by atoms with E-state index in [9.17, 15) is 9.00 Å². The summed E-state index contributed by atoms with van der Waals surface area (Å²) in [6, 6.07) is 2.24. The van der Waals surface area contributed by atoms with E-state index in [0.29, 0.717) is 11.8 Å². The van der Waals surface area contributed by atoms with Crippen molar-refractivity contribution in [2.45, 2.75) is 45.4 Å². The van der Waals surface area contributed by atoms with E-state index in [1.54, 1.807) is 6.92 Å². The number of carbonyl (C=O) groups is 1. The molecule has 108 valence electrons. The first-order valence-electron chi connectivity index (χ1n) is 6.59. The molecule has 0 aliphatic rings. The van der Waals surface area contributed by atoms with Gasteiger partial charge in [-0.05, 0) is 18.9 Å². The molecular weight excluding hydrogens is 264 g/mol. The lowest BCUT2D eigenvalue weighted by Gasteiger charge is -2.12. The molecule has 19 heavy (non-hydrogen) atoms. The summed E-state index contributed by atoms with van der Waals surface area (Å²) in [4.78, 5) is 10.7. The number of aliphatic carboxylic acids is 1. The maximum atomic E-state index is 11.8. The molecule has 0 aromatic carbocycles. The molecule has 0 radical (unpaired) electrons. The largest absolute Gasteiger partial charge is 0.481 e. The zero-order valence-corrected chi connectivity index (χ0v) is 12.5. The van der Waals surface area contributed by atoms with Gasteiger partial charge >= 0.3 is 5.97 Å². The molecule has 0 spiro atoms. The maximum absolute atomic E-state index is 11.8. The Balaban J connectivity index is 2.58. The number of aromatic nitrogens is 2. The molecule has 0 amide bonds. The first-order valence-corrected chi connectivity index (χ1v) is 8.08. The van der Waals surface area contributed by atoms with E-state index in [0.717, 1.165) is 18.5 Å². The monoisotopic (exact) mass is 286 g/mol. The van der Waals surface area contributed by atoms with Crippen molar-refractivity contribution >= 4 is 16.8 Å². The van der Waals surface area contributed by atoms with Crippen LogP contribution in [0.5, 0.6) is 0 Å². The van der Waals surface area contributed by atoms with Crippen molar-refractivity contribution in [2.75, 3.05) is 5.75 Å². The van der Waals surface area contributed by atoms with Gasteiger partial charge in [-0.15, -0.1) is 0 Å². The van der Waals surface area contributed by atoms with Gasteiger partial charge < -0.3 is 5.11 Å². The van der Waals surface area contributed by atoms with Gasteiger partial charge in [0, 0.05) is 22.7 Å². The van der Waals surface area contributed by atoms with Gasteiger partial charge in [-0.2, -0.15) is 5.10 Å². The van der Waals surface area contributed by atoms with Gasteiger partial charge in [0.15, 0.2) is 0 Å². The first kappa shape index (κ1) is 15.9. The fourth-order valence-electron chi connectivity index (χ4n) is 1.89. The Morgan fingerprint density at radius 3 is 2.63 bits per heavy atom. The Morgan fingerprint density at radius 2 is 2.11 bits per heavy atom. The van der Waals surface area contributed by atoms with Gasteiger partial charge in [-0.3, -0.25) is 13.7 Å². The van der Waals surface area contributed by atoms with E-state index in [-0.39, 0.29) is 5.75 Å². The van der Waals surface area contributed by atoms with Gasteiger partial charge in [-0.1, -0.05) is 20.8 Å². The van der Waals surface area contributed by atoms with Crippen molar-refractivity contribution in [1.29, 1.82) is 0 Å². The zero-order chi connectivity index (χ0) is 14.4. The molecule has 0 aliphatic heterocycles. The molecular formula is C13H22N2O3S. The van der Waals surface area contributed by atoms with Crippen LogP contribution in [0.25, 0.3) is 0 Å². The molecule has 0 bridgehead atoms. The second-order valence-electron chi connectivity index (χ2n) is 4.75. The third-order valence-corrected chi connectivity index (χ3v) is 4.64. The van der Waals surface area contributed by atoms with Crippen molar-refractivity contribution in [2.24, 2.45) is 5.92 Å². The normalized spacial score (nSPS) is 14.5. The minimum absolute atomic E-state index is 0.174. The first-order chi connectivity index (χ1) is 8.97. The molecule has 0 aliphatic carbocycles. The highest BCUT2D eigenvalue weighted by molar-refractivity contribution is 7.84. The number of carboxylic acid groups (broad SMARTS) is 1. The summed E-state index contributed by atoms with van der Waals surface area (Å²) in [6.45, 7) is 5.80. The molecule has 0 fully saturated rings. The molecule has 2 atom stereocenters. The Bertz CT molecular complexity index is 441. The standard InChI is InChI=1S/C13H22N2O3S/c1-4-12(5-2)15-7-6-11(14-15)9-19(18)8-10(3)13(16)17/h6-7,10,12H,4-5,8-9H2,1-3H3,(H,16,17). The van der Waals surface area contributed by atoms with Crippen molar-refractivity contribution in [1.82, 2.24) is 9.78 Å². The number of carboxylic acids is 1. The number of nitrogens with zero attached hydrogens (tertiary/aromatic N) is 2. The molecule has 1 rings (SSSR count). The summed E-state index contributed by atoms with van der Waals surface area (Å²) >= 11 is 0. The molecule has 0 saturated heterocycles. The van der Waals surface area contributed by atoms with Crippen LogP contribution in [0.15, 0.2) is 12.3 Å². The van der Waals surface area contributed by atoms with Gasteiger partial charge in [-0.25, -0.2) is 0 Å². The van der Waals surface area contributed by atoms with Crippen LogP contribution in [0, 0.1) is 5.92 Å². The van der Waals surface area contributed by atoms with Gasteiger partial charge in [0.05, 0.1) is 23.4 Å². The molecule has 1 N–H and O–H groups in total. The molecule has 1 heterocycles. The molecule has 1 aromatic rings. The lowest BCUT2D eigenvalue weighted by Crippen LogP contribution is -2.18. The lowest BCUT2D eigenvalue weighted by molar-refractivity contribution is -0.140. The van der Waals surface area contributed by atoms with Gasteiger partial charge in [0.25, 0.3) is 0 Å². The number of hydrogen-bond acceptors (Lipinski definition) is 3. The van der Waals surface area contributed by atoms with Crippen LogP contribution in [0.2, 0.25) is 0 Å². The summed E-state index contributed by atoms with van der Waals surface area (Å²) in [6.07, 6.45) is 3.93. The number of rotatable bonds is 8. The topological polar surface area (TPSA) is 72.2 Å². The fourth-order valence-corrected chi connectivity index (χ4v) is 3.20. The molecule has 1 aromatic heterocycles. The number of hydrogen-bond donors (Lipinski definition) is 1. The van der Waals surface area contributed by atoms with Crippen LogP contribution in [0.3, 0.4) is 0 Å². The zero-order valence-electron chi connectivity index (χ0n) is 11.7. The van der Waals surface area contributed by atoms with Gasteiger partial charge in [0.1, 0.15) is 0 Å². The van der Waals surface area contributed by atoms with E-state index in [4.69, 9.17) is 5.11 Å². The van der Waals surface area contributed by atoms with Crippen molar-refractivity contribution in [3.05, 3.63) is 18.0 Å². The van der Waals surface area contributed by atoms with Crippen LogP contribution >= 0.6 is 0 Å². The Hall–Kier alpha value is -1.17. The SMILES string of the molecule is CCC(CC)n1ccc(CS(=O)CC(C)C(=O)O)n1. The summed E-state index contributed by atoms with van der Waals surface area (Å²) in [5.41, 5.74) is 0.767. The highest BCUT2D eigenvalue weighted by atomic mass is 32.2. The van der Waals surface area contributed by atoms with Crippen molar-refractivity contribution < 1.29 is 14.1 Å². The third-order valence-electron chi connectivity index (χ3n) is 3.15. The summed E-state index contributed by atoms with van der Waals surface area (Å²) < 4.78 is 13.8. The fraction of sp³-hybridized carbons (Fsp3) is 0.692. The van der Waals surface area contributed by atoms with E-state index >= 15 is 0 Å². The summed E-state index contributed by atoms with van der Waals surface area (Å²) in [7, 11) is -1.18. The Morgan fingerprint density at radius 1 is 1.47 bits per heavy atom.